The number of piperidine rings is 1. The zero-order valence-corrected chi connectivity index (χ0v) is 17.7. The largest absolute Gasteiger partial charge is 0.486 e. The number of carbonyl (C=O) groups excluding carboxylic acids is 3. The number of hydrogen-bond acceptors (Lipinski definition) is 7. The molecule has 2 aliphatic rings. The molecule has 3 heterocycles. The molecule has 0 atom stereocenters. The lowest BCUT2D eigenvalue weighted by Crippen LogP contribution is -2.48. The molecule has 0 saturated carbocycles. The molecule has 4 amide bonds. The monoisotopic (exact) mass is 444 g/mol. The highest BCUT2D eigenvalue weighted by molar-refractivity contribution is 7.12. The van der Waals surface area contributed by atoms with E-state index >= 15 is 0 Å². The Hall–Kier alpha value is -3.11. The first-order chi connectivity index (χ1) is 15.1. The predicted octanol–water partition coefficient (Wildman–Crippen LogP) is 2.06. The van der Waals surface area contributed by atoms with Crippen molar-refractivity contribution in [2.24, 2.45) is 0 Å². The third-order valence-electron chi connectivity index (χ3n) is 5.09. The number of imide groups is 1. The SMILES string of the molecule is O=C(CN1CCC(NC(=O)c2cccs2)CC1)NC(=O)Nc1ccc2c(c1)OCCO2. The van der Waals surface area contributed by atoms with Crippen LogP contribution in [0.25, 0.3) is 0 Å². The second-order valence-corrected chi connectivity index (χ2v) is 8.31. The molecule has 1 fully saturated rings. The quantitative estimate of drug-likeness (QED) is 0.651. The number of benzene rings is 1. The van der Waals surface area contributed by atoms with E-state index in [-0.39, 0.29) is 24.4 Å². The molecule has 31 heavy (non-hydrogen) atoms. The van der Waals surface area contributed by atoms with Gasteiger partial charge in [-0.05, 0) is 36.4 Å². The summed E-state index contributed by atoms with van der Waals surface area (Å²) in [6.45, 7) is 2.42. The molecule has 10 heteroatoms. The number of nitrogens with one attached hydrogen (secondary N) is 3. The van der Waals surface area contributed by atoms with Crippen LogP contribution in [0, 0.1) is 0 Å². The van der Waals surface area contributed by atoms with Crippen LogP contribution in [0.5, 0.6) is 11.5 Å². The highest BCUT2D eigenvalue weighted by Gasteiger charge is 2.23. The fraction of sp³-hybridized carbons (Fsp3) is 0.381. The van der Waals surface area contributed by atoms with Crippen molar-refractivity contribution in [3.05, 3.63) is 40.6 Å². The molecule has 2 aromatic rings. The lowest BCUT2D eigenvalue weighted by atomic mass is 10.0. The van der Waals surface area contributed by atoms with Gasteiger partial charge in [-0.3, -0.25) is 19.8 Å². The molecular weight excluding hydrogens is 420 g/mol. The molecule has 4 rings (SSSR count). The summed E-state index contributed by atoms with van der Waals surface area (Å²) in [6.07, 6.45) is 1.52. The van der Waals surface area contributed by atoms with E-state index in [0.717, 1.165) is 12.8 Å². The van der Waals surface area contributed by atoms with Crippen molar-refractivity contribution in [3.63, 3.8) is 0 Å². The van der Waals surface area contributed by atoms with Crippen molar-refractivity contribution in [1.82, 2.24) is 15.5 Å². The smallest absolute Gasteiger partial charge is 0.325 e. The Labute approximate surface area is 183 Å². The molecule has 2 aliphatic heterocycles. The van der Waals surface area contributed by atoms with Gasteiger partial charge in [-0.2, -0.15) is 0 Å². The van der Waals surface area contributed by atoms with Crippen LogP contribution in [-0.4, -0.2) is 61.6 Å². The van der Waals surface area contributed by atoms with Gasteiger partial charge in [0.25, 0.3) is 5.91 Å². The molecule has 1 aromatic carbocycles. The van der Waals surface area contributed by atoms with Gasteiger partial charge in [0, 0.05) is 30.9 Å². The number of rotatable bonds is 5. The second kappa shape index (κ2) is 9.80. The molecule has 9 nitrogen and oxygen atoms in total. The summed E-state index contributed by atoms with van der Waals surface area (Å²) in [5, 5.41) is 9.89. The molecule has 3 N–H and O–H groups in total. The zero-order valence-electron chi connectivity index (χ0n) is 16.9. The predicted molar refractivity (Wildman–Crippen MR) is 116 cm³/mol. The summed E-state index contributed by atoms with van der Waals surface area (Å²) < 4.78 is 10.9. The van der Waals surface area contributed by atoms with Crippen LogP contribution in [0.2, 0.25) is 0 Å². The van der Waals surface area contributed by atoms with Gasteiger partial charge in [-0.1, -0.05) is 6.07 Å². The molecule has 164 valence electrons. The van der Waals surface area contributed by atoms with E-state index in [1.165, 1.54) is 11.3 Å². The first kappa shape index (κ1) is 21.1. The van der Waals surface area contributed by atoms with Gasteiger partial charge in [0.15, 0.2) is 11.5 Å². The van der Waals surface area contributed by atoms with Gasteiger partial charge in [0.2, 0.25) is 5.91 Å². The number of amides is 4. The van der Waals surface area contributed by atoms with E-state index in [0.29, 0.717) is 48.4 Å². The first-order valence-corrected chi connectivity index (χ1v) is 11.0. The molecule has 0 bridgehead atoms. The normalized spacial score (nSPS) is 16.4. The van der Waals surface area contributed by atoms with E-state index < -0.39 is 6.03 Å². The molecule has 0 aliphatic carbocycles. The van der Waals surface area contributed by atoms with E-state index in [4.69, 9.17) is 9.47 Å². The average molecular weight is 445 g/mol. The van der Waals surface area contributed by atoms with E-state index in [9.17, 15) is 14.4 Å². The number of anilines is 1. The Bertz CT molecular complexity index is 941. The first-order valence-electron chi connectivity index (χ1n) is 10.1. The molecule has 0 spiro atoms. The Morgan fingerprint density at radius 3 is 2.58 bits per heavy atom. The van der Waals surface area contributed by atoms with Crippen molar-refractivity contribution >= 4 is 34.9 Å². The molecule has 1 saturated heterocycles. The highest BCUT2D eigenvalue weighted by atomic mass is 32.1. The van der Waals surface area contributed by atoms with Crippen molar-refractivity contribution in [3.8, 4) is 11.5 Å². The van der Waals surface area contributed by atoms with Gasteiger partial charge in [-0.25, -0.2) is 4.79 Å². The Morgan fingerprint density at radius 1 is 1.06 bits per heavy atom. The number of fused-ring (bicyclic) bond motifs is 1. The Balaban J connectivity index is 1.18. The number of urea groups is 1. The molecular formula is C21H24N4O5S. The highest BCUT2D eigenvalue weighted by Crippen LogP contribution is 2.32. The number of hydrogen-bond donors (Lipinski definition) is 3. The van der Waals surface area contributed by atoms with Crippen LogP contribution in [0.15, 0.2) is 35.7 Å². The average Bonchev–Trinajstić information content (AvgIpc) is 3.30. The van der Waals surface area contributed by atoms with Crippen molar-refractivity contribution < 1.29 is 23.9 Å². The summed E-state index contributed by atoms with van der Waals surface area (Å²) in [5.41, 5.74) is 0.511. The van der Waals surface area contributed by atoms with Crippen molar-refractivity contribution in [2.45, 2.75) is 18.9 Å². The number of ether oxygens (including phenoxy) is 2. The van der Waals surface area contributed by atoms with Gasteiger partial charge in [0.05, 0.1) is 11.4 Å². The fourth-order valence-electron chi connectivity index (χ4n) is 3.55. The van der Waals surface area contributed by atoms with Gasteiger partial charge in [-0.15, -0.1) is 11.3 Å². The summed E-state index contributed by atoms with van der Waals surface area (Å²) in [6, 6.07) is 8.21. The van der Waals surface area contributed by atoms with Crippen molar-refractivity contribution in [1.29, 1.82) is 0 Å². The van der Waals surface area contributed by atoms with E-state index in [1.54, 1.807) is 24.3 Å². The number of thiophene rings is 1. The summed E-state index contributed by atoms with van der Waals surface area (Å²) in [7, 11) is 0. The second-order valence-electron chi connectivity index (χ2n) is 7.36. The zero-order chi connectivity index (χ0) is 21.6. The van der Waals surface area contributed by atoms with Gasteiger partial charge >= 0.3 is 6.03 Å². The lowest BCUT2D eigenvalue weighted by Gasteiger charge is -2.31. The number of nitrogens with zero attached hydrogens (tertiary/aromatic N) is 1. The number of carbonyl (C=O) groups is 3. The molecule has 0 unspecified atom stereocenters. The van der Waals surface area contributed by atoms with Gasteiger partial charge < -0.3 is 20.1 Å². The number of likely N-dealkylation sites (tertiary alicyclic amines) is 1. The van der Waals surface area contributed by atoms with Crippen LogP contribution in [0.1, 0.15) is 22.5 Å². The summed E-state index contributed by atoms with van der Waals surface area (Å²) in [4.78, 5) is 39.2. The van der Waals surface area contributed by atoms with Crippen LogP contribution in [-0.2, 0) is 4.79 Å². The topological polar surface area (TPSA) is 109 Å². The third-order valence-corrected chi connectivity index (χ3v) is 5.96. The molecule has 1 aromatic heterocycles. The van der Waals surface area contributed by atoms with Crippen LogP contribution >= 0.6 is 11.3 Å². The van der Waals surface area contributed by atoms with Gasteiger partial charge in [0.1, 0.15) is 13.2 Å². The molecule has 0 radical (unpaired) electrons. The maximum Gasteiger partial charge on any atom is 0.325 e. The fourth-order valence-corrected chi connectivity index (χ4v) is 4.18. The van der Waals surface area contributed by atoms with E-state index in [1.807, 2.05) is 16.3 Å². The van der Waals surface area contributed by atoms with Crippen LogP contribution < -0.4 is 25.4 Å². The third kappa shape index (κ3) is 5.74. The minimum atomic E-state index is -0.597. The Kier molecular flexibility index (Phi) is 6.68. The Morgan fingerprint density at radius 2 is 1.84 bits per heavy atom. The van der Waals surface area contributed by atoms with Crippen molar-refractivity contribution in [2.75, 3.05) is 38.2 Å². The van der Waals surface area contributed by atoms with Crippen LogP contribution in [0.3, 0.4) is 0 Å². The maximum absolute atomic E-state index is 12.2. The van der Waals surface area contributed by atoms with Crippen LogP contribution in [0.4, 0.5) is 10.5 Å². The minimum Gasteiger partial charge on any atom is -0.486 e. The minimum absolute atomic E-state index is 0.0537. The summed E-state index contributed by atoms with van der Waals surface area (Å²) >= 11 is 1.41. The van der Waals surface area contributed by atoms with E-state index in [2.05, 4.69) is 16.0 Å². The lowest BCUT2D eigenvalue weighted by molar-refractivity contribution is -0.121. The standard InChI is InChI=1S/C21H24N4O5S/c26-19(24-21(28)23-15-3-4-16-17(12-15)30-10-9-29-16)13-25-7-5-14(6-8-25)22-20(27)18-2-1-11-31-18/h1-4,11-12,14H,5-10,13H2,(H,22,27)(H2,23,24,26,28). The maximum atomic E-state index is 12.2. The summed E-state index contributed by atoms with van der Waals surface area (Å²) in [5.74, 6) is 0.755.